The summed E-state index contributed by atoms with van der Waals surface area (Å²) in [5, 5.41) is 1.67. The summed E-state index contributed by atoms with van der Waals surface area (Å²) in [6, 6.07) is -0.631. The number of imide groups is 1. The van der Waals surface area contributed by atoms with Gasteiger partial charge in [-0.05, 0) is 12.8 Å². The van der Waals surface area contributed by atoms with Gasteiger partial charge >= 0.3 is 12.2 Å². The highest BCUT2D eigenvalue weighted by Crippen LogP contribution is 2.39. The summed E-state index contributed by atoms with van der Waals surface area (Å²) in [6.45, 7) is -2.16. The molecule has 0 bridgehead atoms. The van der Waals surface area contributed by atoms with E-state index in [4.69, 9.17) is 0 Å². The van der Waals surface area contributed by atoms with Gasteiger partial charge in [0.2, 0.25) is 5.91 Å². The first kappa shape index (κ1) is 16.6. The molecule has 1 aliphatic heterocycles. The molecular weight excluding hydrogens is 303 g/mol. The van der Waals surface area contributed by atoms with Crippen LogP contribution in [0, 0.1) is 0 Å². The van der Waals surface area contributed by atoms with Crippen LogP contribution in [0.5, 0.6) is 0 Å². The van der Waals surface area contributed by atoms with E-state index in [9.17, 15) is 27.6 Å². The number of urea groups is 1. The molecule has 0 unspecified atom stereocenters. The van der Waals surface area contributed by atoms with Crippen LogP contribution in [0.15, 0.2) is 0 Å². The molecule has 2 rings (SSSR count). The van der Waals surface area contributed by atoms with Crippen LogP contribution in [0.1, 0.15) is 32.1 Å². The molecule has 0 radical (unpaired) electrons. The van der Waals surface area contributed by atoms with E-state index in [0.717, 1.165) is 24.2 Å². The lowest BCUT2D eigenvalue weighted by atomic mass is 9.81. The zero-order valence-corrected chi connectivity index (χ0v) is 12.2. The van der Waals surface area contributed by atoms with Gasteiger partial charge in [-0.1, -0.05) is 19.3 Å². The van der Waals surface area contributed by atoms with E-state index >= 15 is 0 Å². The molecule has 0 aromatic carbocycles. The van der Waals surface area contributed by atoms with Crippen molar-refractivity contribution >= 4 is 17.8 Å². The number of carbonyl (C=O) groups excluding carboxylic acids is 3. The Kier molecular flexibility index (Phi) is 4.35. The summed E-state index contributed by atoms with van der Waals surface area (Å²) in [5.74, 6) is -1.48. The van der Waals surface area contributed by atoms with Gasteiger partial charge in [-0.2, -0.15) is 13.2 Å². The van der Waals surface area contributed by atoms with Crippen LogP contribution in [0.4, 0.5) is 18.0 Å². The molecule has 0 aromatic rings. The average Bonchev–Trinajstić information content (AvgIpc) is 2.62. The van der Waals surface area contributed by atoms with Crippen LogP contribution in [-0.2, 0) is 9.59 Å². The summed E-state index contributed by atoms with van der Waals surface area (Å²) in [4.78, 5) is 38.3. The molecule has 1 saturated carbocycles. The maximum Gasteiger partial charge on any atom is 0.405 e. The van der Waals surface area contributed by atoms with Gasteiger partial charge < -0.3 is 10.2 Å². The third-order valence-electron chi connectivity index (χ3n) is 4.27. The first-order valence-corrected chi connectivity index (χ1v) is 7.10. The molecule has 1 heterocycles. The Hall–Kier alpha value is -1.80. The Morgan fingerprint density at radius 1 is 1.23 bits per heavy atom. The van der Waals surface area contributed by atoms with E-state index in [0.29, 0.717) is 12.8 Å². The van der Waals surface area contributed by atoms with Crippen molar-refractivity contribution < 1.29 is 27.6 Å². The second kappa shape index (κ2) is 5.77. The summed E-state index contributed by atoms with van der Waals surface area (Å²) in [5.41, 5.74) is -0.931. The Morgan fingerprint density at radius 2 is 1.82 bits per heavy atom. The van der Waals surface area contributed by atoms with E-state index in [1.165, 1.54) is 11.9 Å². The van der Waals surface area contributed by atoms with Crippen molar-refractivity contribution in [3.8, 4) is 0 Å². The Bertz CT molecular complexity index is 487. The number of nitrogens with zero attached hydrogens (tertiary/aromatic N) is 2. The lowest BCUT2D eigenvalue weighted by molar-refractivity contribution is -0.141. The third-order valence-corrected chi connectivity index (χ3v) is 4.27. The predicted octanol–water partition coefficient (Wildman–Crippen LogP) is 1.26. The van der Waals surface area contributed by atoms with E-state index in [1.54, 1.807) is 5.32 Å². The largest absolute Gasteiger partial charge is 0.405 e. The first-order chi connectivity index (χ1) is 10.2. The van der Waals surface area contributed by atoms with Crippen molar-refractivity contribution in [2.24, 2.45) is 0 Å². The number of amides is 4. The fourth-order valence-corrected chi connectivity index (χ4v) is 3.07. The second-order valence-corrected chi connectivity index (χ2v) is 5.72. The third kappa shape index (κ3) is 3.02. The van der Waals surface area contributed by atoms with Gasteiger partial charge in [-0.3, -0.25) is 14.5 Å². The molecule has 1 saturated heterocycles. The average molecular weight is 321 g/mol. The smallest absolute Gasteiger partial charge is 0.345 e. The van der Waals surface area contributed by atoms with Gasteiger partial charge in [0.25, 0.3) is 5.91 Å². The molecule has 4 amide bonds. The van der Waals surface area contributed by atoms with Crippen molar-refractivity contribution in [2.45, 2.75) is 43.8 Å². The normalized spacial score (nSPS) is 21.6. The van der Waals surface area contributed by atoms with Crippen molar-refractivity contribution in [1.29, 1.82) is 0 Å². The fraction of sp³-hybridized carbons (Fsp3) is 0.769. The van der Waals surface area contributed by atoms with Gasteiger partial charge in [0, 0.05) is 7.05 Å². The van der Waals surface area contributed by atoms with Crippen molar-refractivity contribution in [1.82, 2.24) is 15.1 Å². The number of hydrogen-bond donors (Lipinski definition) is 1. The first-order valence-electron chi connectivity index (χ1n) is 7.10. The lowest BCUT2D eigenvalue weighted by Gasteiger charge is -2.35. The summed E-state index contributed by atoms with van der Waals surface area (Å²) in [7, 11) is 1.50. The minimum Gasteiger partial charge on any atom is -0.345 e. The van der Waals surface area contributed by atoms with Gasteiger partial charge in [0.1, 0.15) is 18.6 Å². The second-order valence-electron chi connectivity index (χ2n) is 5.72. The molecule has 9 heteroatoms. The van der Waals surface area contributed by atoms with E-state index in [1.807, 2.05) is 0 Å². The highest BCUT2D eigenvalue weighted by Gasteiger charge is 2.55. The van der Waals surface area contributed by atoms with Crippen LogP contribution in [0.2, 0.25) is 0 Å². The monoisotopic (exact) mass is 321 g/mol. The van der Waals surface area contributed by atoms with Crippen LogP contribution >= 0.6 is 0 Å². The molecule has 2 aliphatic rings. The number of nitrogens with one attached hydrogen (secondary N) is 1. The maximum atomic E-state index is 12.5. The summed E-state index contributed by atoms with van der Waals surface area (Å²) < 4.78 is 36.2. The highest BCUT2D eigenvalue weighted by molar-refractivity contribution is 6.08. The lowest BCUT2D eigenvalue weighted by Crippen LogP contribution is -2.49. The SMILES string of the molecule is CN1C(=O)N(CC(=O)NCC(F)(F)F)C(=O)C12CCCCC2. The van der Waals surface area contributed by atoms with Crippen molar-refractivity contribution in [3.63, 3.8) is 0 Å². The van der Waals surface area contributed by atoms with Gasteiger partial charge in [-0.25, -0.2) is 4.79 Å². The zero-order valence-electron chi connectivity index (χ0n) is 12.2. The Balaban J connectivity index is 2.04. The molecule has 1 N–H and O–H groups in total. The Labute approximate surface area is 125 Å². The minimum absolute atomic E-state index is 0.484. The quantitative estimate of drug-likeness (QED) is 0.796. The number of likely N-dealkylation sites (N-methyl/N-ethyl adjacent to an activating group) is 1. The van der Waals surface area contributed by atoms with Crippen molar-refractivity contribution in [3.05, 3.63) is 0 Å². The molecule has 1 spiro atoms. The topological polar surface area (TPSA) is 69.7 Å². The standard InChI is InChI=1S/C13H18F3N3O3/c1-18-11(22)19(7-9(20)17-8-13(14,15)16)10(21)12(18)5-3-2-4-6-12/h2-8H2,1H3,(H,17,20). The molecule has 6 nitrogen and oxygen atoms in total. The van der Waals surface area contributed by atoms with Gasteiger partial charge in [-0.15, -0.1) is 0 Å². The molecule has 124 valence electrons. The van der Waals surface area contributed by atoms with Crippen LogP contribution in [0.3, 0.4) is 0 Å². The molecule has 0 aromatic heterocycles. The predicted molar refractivity (Wildman–Crippen MR) is 69.8 cm³/mol. The van der Waals surface area contributed by atoms with Crippen LogP contribution in [-0.4, -0.2) is 59.5 Å². The van der Waals surface area contributed by atoms with E-state index in [-0.39, 0.29) is 0 Å². The van der Waals surface area contributed by atoms with Gasteiger partial charge in [0.05, 0.1) is 0 Å². The molecule has 2 fully saturated rings. The van der Waals surface area contributed by atoms with Crippen molar-refractivity contribution in [2.75, 3.05) is 20.1 Å². The van der Waals surface area contributed by atoms with Gasteiger partial charge in [0.15, 0.2) is 0 Å². The van der Waals surface area contributed by atoms with Crippen LogP contribution < -0.4 is 5.32 Å². The number of halogens is 3. The zero-order chi connectivity index (χ0) is 16.5. The summed E-state index contributed by atoms with van der Waals surface area (Å²) in [6.07, 6.45) is -0.905. The maximum absolute atomic E-state index is 12.5. The molecular formula is C13H18F3N3O3. The van der Waals surface area contributed by atoms with E-state index in [2.05, 4.69) is 0 Å². The highest BCUT2D eigenvalue weighted by atomic mass is 19.4. The molecule has 0 atom stereocenters. The number of rotatable bonds is 3. The molecule has 22 heavy (non-hydrogen) atoms. The fourth-order valence-electron chi connectivity index (χ4n) is 3.07. The number of alkyl halides is 3. The minimum atomic E-state index is -4.53. The number of carbonyl (C=O) groups is 3. The van der Waals surface area contributed by atoms with E-state index < -0.39 is 42.7 Å². The van der Waals surface area contributed by atoms with Crippen LogP contribution in [0.25, 0.3) is 0 Å². The Morgan fingerprint density at radius 3 is 2.36 bits per heavy atom. The number of hydrogen-bond acceptors (Lipinski definition) is 3. The molecule has 1 aliphatic carbocycles. The summed E-state index contributed by atoms with van der Waals surface area (Å²) >= 11 is 0.